The van der Waals surface area contributed by atoms with Crippen molar-refractivity contribution in [3.8, 4) is 0 Å². The normalized spacial score (nSPS) is 21.8. The van der Waals surface area contributed by atoms with Crippen molar-refractivity contribution in [2.75, 3.05) is 0 Å². The third kappa shape index (κ3) is 13.9. The second-order valence-corrected chi connectivity index (χ2v) is 19.9. The van der Waals surface area contributed by atoms with Crippen LogP contribution in [0.15, 0.2) is 0 Å². The van der Waals surface area contributed by atoms with Gasteiger partial charge >= 0.3 is 24.7 Å². The van der Waals surface area contributed by atoms with Gasteiger partial charge in [0.2, 0.25) is 0 Å². The minimum absolute atomic E-state index is 0.0154. The number of hydrogen-bond donors (Lipinski definition) is 0. The molecule has 3 aliphatic carbocycles. The Morgan fingerprint density at radius 3 is 0.759 bits per heavy atom. The maximum Gasteiger partial charge on any atom is 0.394 e. The van der Waals surface area contributed by atoms with Crippen molar-refractivity contribution in [3.05, 3.63) is 0 Å². The Kier molecular flexibility index (Phi) is 19.0. The van der Waals surface area contributed by atoms with E-state index in [1.54, 1.807) is 0 Å². The van der Waals surface area contributed by atoms with Crippen LogP contribution in [-0.4, -0.2) is 24.7 Å². The summed E-state index contributed by atoms with van der Waals surface area (Å²) in [6.45, 7) is 24.9. The third-order valence-electron chi connectivity index (χ3n) is 13.3. The zero-order valence-corrected chi connectivity index (χ0v) is 35.7. The van der Waals surface area contributed by atoms with Crippen molar-refractivity contribution in [1.82, 2.24) is 0 Å². The Hall–Kier alpha value is -0.840. The van der Waals surface area contributed by atoms with E-state index in [1.165, 1.54) is 27.7 Å². The molecular formula is C42H74F12. The fraction of sp³-hybridized carbons (Fsp3) is 1.00. The summed E-state index contributed by atoms with van der Waals surface area (Å²) in [5.41, 5.74) is -5.72. The van der Waals surface area contributed by atoms with E-state index in [0.717, 1.165) is 32.1 Å². The van der Waals surface area contributed by atoms with Gasteiger partial charge in [-0.2, -0.15) is 52.7 Å². The molecule has 3 aliphatic rings. The summed E-state index contributed by atoms with van der Waals surface area (Å²) in [7, 11) is 0. The van der Waals surface area contributed by atoms with Crippen LogP contribution in [0.1, 0.15) is 180 Å². The van der Waals surface area contributed by atoms with Crippen molar-refractivity contribution in [2.24, 2.45) is 62.6 Å². The molecule has 0 aromatic carbocycles. The van der Waals surface area contributed by atoms with Crippen molar-refractivity contribution in [3.63, 3.8) is 0 Å². The average molecular weight is 807 g/mol. The van der Waals surface area contributed by atoms with Crippen LogP contribution in [0.2, 0.25) is 0 Å². The van der Waals surface area contributed by atoms with E-state index in [9.17, 15) is 52.7 Å². The third-order valence-corrected chi connectivity index (χ3v) is 13.3. The van der Waals surface area contributed by atoms with E-state index in [-0.39, 0.29) is 53.8 Å². The molecule has 0 aliphatic heterocycles. The van der Waals surface area contributed by atoms with Crippen molar-refractivity contribution in [2.45, 2.75) is 205 Å². The van der Waals surface area contributed by atoms with Crippen molar-refractivity contribution in [1.29, 1.82) is 0 Å². The molecular weight excluding hydrogens is 732 g/mol. The lowest BCUT2D eigenvalue weighted by Crippen LogP contribution is -2.54. The van der Waals surface area contributed by atoms with Crippen molar-refractivity contribution >= 4 is 0 Å². The van der Waals surface area contributed by atoms with Gasteiger partial charge < -0.3 is 0 Å². The van der Waals surface area contributed by atoms with E-state index >= 15 is 0 Å². The molecule has 0 aromatic heterocycles. The first kappa shape index (κ1) is 53.2. The number of rotatable bonds is 6. The molecule has 3 rings (SSSR count). The van der Waals surface area contributed by atoms with Gasteiger partial charge in [-0.1, -0.05) is 129 Å². The first-order chi connectivity index (χ1) is 23.9. The summed E-state index contributed by atoms with van der Waals surface area (Å²) >= 11 is 0. The fourth-order valence-electron chi connectivity index (χ4n) is 9.73. The predicted octanol–water partition coefficient (Wildman–Crippen LogP) is 17.2. The first-order valence-electron chi connectivity index (χ1n) is 20.1. The SMILES string of the molecule is CC(C)C(C(C)C)C(C)(C(C(C)C)C(C)C)C(F)(F)F.CC1(C(F)(F)F)CCCC1.CC1(C(F)(F)F)CCCCC1.CC1(C)CCC(C)(C(F)(F)F)CC1. The van der Waals surface area contributed by atoms with Gasteiger partial charge in [0.05, 0.1) is 21.7 Å². The second-order valence-electron chi connectivity index (χ2n) is 19.9. The summed E-state index contributed by atoms with van der Waals surface area (Å²) in [5.74, 6) is -0.666. The molecule has 0 heterocycles. The molecule has 0 saturated heterocycles. The molecule has 0 unspecified atom stereocenters. The van der Waals surface area contributed by atoms with Crippen LogP contribution in [0.3, 0.4) is 0 Å². The highest BCUT2D eigenvalue weighted by molar-refractivity contribution is 4.99. The van der Waals surface area contributed by atoms with Crippen LogP contribution in [0, 0.1) is 62.6 Å². The molecule has 0 aromatic rings. The molecule has 0 amide bonds. The quantitative estimate of drug-likeness (QED) is 0.235. The zero-order valence-electron chi connectivity index (χ0n) is 35.7. The Balaban J connectivity index is 0.000000720. The molecule has 0 atom stereocenters. The van der Waals surface area contributed by atoms with Gasteiger partial charge in [0.25, 0.3) is 0 Å². The van der Waals surface area contributed by atoms with Gasteiger partial charge in [0.15, 0.2) is 0 Å². The van der Waals surface area contributed by atoms with Gasteiger partial charge in [-0.05, 0) is 92.3 Å². The highest BCUT2D eigenvalue weighted by Crippen LogP contribution is 2.58. The van der Waals surface area contributed by atoms with Crippen molar-refractivity contribution < 1.29 is 52.7 Å². The van der Waals surface area contributed by atoms with E-state index in [4.69, 9.17) is 0 Å². The molecule has 3 fully saturated rings. The topological polar surface area (TPSA) is 0 Å². The molecule has 12 heteroatoms. The summed E-state index contributed by atoms with van der Waals surface area (Å²) in [6.07, 6.45) is -9.09. The molecule has 0 spiro atoms. The van der Waals surface area contributed by atoms with Crippen LogP contribution >= 0.6 is 0 Å². The summed E-state index contributed by atoms with van der Waals surface area (Å²) < 4.78 is 153. The van der Waals surface area contributed by atoms with Gasteiger partial charge in [0.1, 0.15) is 0 Å². The molecule has 3 saturated carbocycles. The maximum atomic E-state index is 14.0. The van der Waals surface area contributed by atoms with Crippen LogP contribution in [0.4, 0.5) is 52.7 Å². The molecule has 0 bridgehead atoms. The van der Waals surface area contributed by atoms with Gasteiger partial charge in [0, 0.05) is 0 Å². The maximum absolute atomic E-state index is 14.0. The zero-order chi connectivity index (χ0) is 43.2. The van der Waals surface area contributed by atoms with Crippen LogP contribution < -0.4 is 0 Å². The Labute approximate surface area is 320 Å². The molecule has 54 heavy (non-hydrogen) atoms. The molecule has 0 N–H and O–H groups in total. The Bertz CT molecular complexity index is 1010. The predicted molar refractivity (Wildman–Crippen MR) is 197 cm³/mol. The standard InChI is InChI=1S/C17H33F3.C10H17F3.C8H13F3.C7H11F3/c1-10(2)14(11(3)4)16(9,17(18,19)20)15(12(5)6)13(7)8;1-8(2)4-6-9(3,7-5-8)10(11,12)13;1-7(8(9,10)11)5-3-2-4-6-7;1-6(7(8,9)10)4-2-3-5-6/h10-15H,1-9H3;4-7H2,1-3H3;2-6H2,1H3;2-5H2,1H3. The average Bonchev–Trinajstić information content (AvgIpc) is 3.42. The lowest BCUT2D eigenvalue weighted by molar-refractivity contribution is -0.277. The van der Waals surface area contributed by atoms with E-state index in [2.05, 4.69) is 0 Å². The van der Waals surface area contributed by atoms with Gasteiger partial charge in [-0.25, -0.2) is 0 Å². The fourth-order valence-corrected chi connectivity index (χ4v) is 9.73. The molecule has 326 valence electrons. The number of alkyl halides is 12. The lowest BCUT2D eigenvalue weighted by atomic mass is 9.55. The summed E-state index contributed by atoms with van der Waals surface area (Å²) in [6, 6.07) is 0. The number of halogens is 12. The monoisotopic (exact) mass is 807 g/mol. The smallest absolute Gasteiger partial charge is 0.171 e. The van der Waals surface area contributed by atoms with Gasteiger partial charge in [-0.15, -0.1) is 0 Å². The second kappa shape index (κ2) is 19.3. The van der Waals surface area contributed by atoms with Crippen LogP contribution in [0.5, 0.6) is 0 Å². The first-order valence-corrected chi connectivity index (χ1v) is 20.1. The van der Waals surface area contributed by atoms with E-state index < -0.39 is 46.4 Å². The Morgan fingerprint density at radius 1 is 0.352 bits per heavy atom. The van der Waals surface area contributed by atoms with Gasteiger partial charge in [-0.3, -0.25) is 0 Å². The minimum Gasteiger partial charge on any atom is -0.171 e. The lowest BCUT2D eigenvalue weighted by Gasteiger charge is -2.51. The highest BCUT2D eigenvalue weighted by atomic mass is 19.4. The largest absolute Gasteiger partial charge is 0.394 e. The Morgan fingerprint density at radius 2 is 0.574 bits per heavy atom. The van der Waals surface area contributed by atoms with E-state index in [0.29, 0.717) is 38.5 Å². The van der Waals surface area contributed by atoms with Crippen LogP contribution in [0.25, 0.3) is 0 Å². The van der Waals surface area contributed by atoms with E-state index in [1.807, 2.05) is 69.2 Å². The summed E-state index contributed by atoms with van der Waals surface area (Å²) in [5, 5.41) is 0. The molecule has 0 radical (unpaired) electrons. The number of hydrogen-bond acceptors (Lipinski definition) is 0. The molecule has 0 nitrogen and oxygen atoms in total. The summed E-state index contributed by atoms with van der Waals surface area (Å²) in [4.78, 5) is 0. The van der Waals surface area contributed by atoms with Crippen LogP contribution in [-0.2, 0) is 0 Å². The highest BCUT2D eigenvalue weighted by Gasteiger charge is 2.62. The minimum atomic E-state index is -4.18.